The van der Waals surface area contributed by atoms with Crippen LogP contribution in [0.3, 0.4) is 0 Å². The summed E-state index contributed by atoms with van der Waals surface area (Å²) >= 11 is 5.87. The van der Waals surface area contributed by atoms with Crippen LogP contribution in [0.5, 0.6) is 0 Å². The smallest absolute Gasteiger partial charge is 0.243 e. The lowest BCUT2D eigenvalue weighted by Gasteiger charge is -2.19. The molecule has 1 heterocycles. The molecule has 0 saturated carbocycles. The quantitative estimate of drug-likeness (QED) is 0.586. The van der Waals surface area contributed by atoms with Crippen LogP contribution in [0.25, 0.3) is 11.4 Å². The minimum Gasteiger partial charge on any atom is -0.338 e. The van der Waals surface area contributed by atoms with E-state index < -0.39 is 15.8 Å². The maximum atomic E-state index is 13.1. The van der Waals surface area contributed by atoms with E-state index in [0.717, 1.165) is 12.1 Å². The molecule has 2 aromatic carbocycles. The summed E-state index contributed by atoms with van der Waals surface area (Å²) in [6, 6.07) is 11.6. The van der Waals surface area contributed by atoms with Gasteiger partial charge >= 0.3 is 0 Å². The highest BCUT2D eigenvalue weighted by atomic mass is 35.5. The van der Waals surface area contributed by atoms with Gasteiger partial charge in [-0.05, 0) is 55.0 Å². The molecule has 0 aliphatic rings. The Morgan fingerprint density at radius 3 is 2.41 bits per heavy atom. The molecule has 1 aromatic heterocycles. The van der Waals surface area contributed by atoms with E-state index in [9.17, 15) is 12.8 Å². The first-order valence-electron chi connectivity index (χ1n) is 8.24. The summed E-state index contributed by atoms with van der Waals surface area (Å²) in [6.45, 7) is 2.05. The van der Waals surface area contributed by atoms with Gasteiger partial charge in [-0.15, -0.1) is 0 Å². The number of sulfonamides is 1. The van der Waals surface area contributed by atoms with E-state index in [2.05, 4.69) is 10.1 Å². The number of halogens is 2. The van der Waals surface area contributed by atoms with Gasteiger partial charge in [-0.3, -0.25) is 0 Å². The van der Waals surface area contributed by atoms with E-state index >= 15 is 0 Å². The molecule has 0 atom stereocenters. The second-order valence-electron chi connectivity index (χ2n) is 5.81. The second-order valence-corrected chi connectivity index (χ2v) is 8.19. The van der Waals surface area contributed by atoms with Gasteiger partial charge in [0.15, 0.2) is 0 Å². The van der Waals surface area contributed by atoms with E-state index in [-0.39, 0.29) is 23.9 Å². The summed E-state index contributed by atoms with van der Waals surface area (Å²) in [6.07, 6.45) is 0.596. The van der Waals surface area contributed by atoms with Crippen LogP contribution < -0.4 is 0 Å². The average molecular weight is 410 g/mol. The minimum atomic E-state index is -3.82. The van der Waals surface area contributed by atoms with Gasteiger partial charge in [-0.1, -0.05) is 23.7 Å². The molecule has 0 aliphatic heterocycles. The highest BCUT2D eigenvalue weighted by Crippen LogP contribution is 2.22. The van der Waals surface area contributed by atoms with Gasteiger partial charge in [0.25, 0.3) is 0 Å². The lowest BCUT2D eigenvalue weighted by atomic mass is 10.2. The van der Waals surface area contributed by atoms with Gasteiger partial charge < -0.3 is 4.52 Å². The van der Waals surface area contributed by atoms with Crippen molar-refractivity contribution < 1.29 is 17.3 Å². The maximum absolute atomic E-state index is 13.1. The van der Waals surface area contributed by atoms with Crippen molar-refractivity contribution in [3.8, 4) is 11.4 Å². The monoisotopic (exact) mass is 409 g/mol. The highest BCUT2D eigenvalue weighted by molar-refractivity contribution is 7.89. The third-order valence-electron chi connectivity index (χ3n) is 3.81. The van der Waals surface area contributed by atoms with Crippen molar-refractivity contribution in [2.75, 3.05) is 6.54 Å². The van der Waals surface area contributed by atoms with Crippen molar-refractivity contribution in [1.29, 1.82) is 0 Å². The predicted octanol–water partition coefficient (Wildman–Crippen LogP) is 4.13. The van der Waals surface area contributed by atoms with Crippen molar-refractivity contribution in [2.24, 2.45) is 0 Å². The first-order valence-corrected chi connectivity index (χ1v) is 10.1. The van der Waals surface area contributed by atoms with Gasteiger partial charge in [0.2, 0.25) is 21.7 Å². The number of rotatable bonds is 7. The van der Waals surface area contributed by atoms with Crippen molar-refractivity contribution >= 4 is 21.6 Å². The summed E-state index contributed by atoms with van der Waals surface area (Å²) in [5, 5.41) is 4.48. The Morgan fingerprint density at radius 1 is 1.11 bits per heavy atom. The Bertz CT molecular complexity index is 1010. The van der Waals surface area contributed by atoms with E-state index in [1.54, 1.807) is 24.3 Å². The zero-order valence-electron chi connectivity index (χ0n) is 14.5. The van der Waals surface area contributed by atoms with Gasteiger partial charge in [0.1, 0.15) is 5.82 Å². The zero-order valence-corrected chi connectivity index (χ0v) is 16.0. The Labute approximate surface area is 161 Å². The van der Waals surface area contributed by atoms with Crippen molar-refractivity contribution in [3.63, 3.8) is 0 Å². The van der Waals surface area contributed by atoms with E-state index in [1.807, 2.05) is 6.92 Å². The highest BCUT2D eigenvalue weighted by Gasteiger charge is 2.26. The van der Waals surface area contributed by atoms with Crippen LogP contribution in [0.15, 0.2) is 57.9 Å². The van der Waals surface area contributed by atoms with Crippen LogP contribution in [0.1, 0.15) is 19.2 Å². The third kappa shape index (κ3) is 4.52. The molecule has 0 spiro atoms. The number of hydrogen-bond acceptors (Lipinski definition) is 5. The summed E-state index contributed by atoms with van der Waals surface area (Å²) < 4.78 is 45.3. The fourth-order valence-corrected chi connectivity index (χ4v) is 4.08. The molecular formula is C18H17ClFN3O3S. The van der Waals surface area contributed by atoms with Crippen LogP contribution in [0.2, 0.25) is 5.02 Å². The molecule has 0 fully saturated rings. The lowest BCUT2D eigenvalue weighted by molar-refractivity contribution is 0.315. The fourth-order valence-electron chi connectivity index (χ4n) is 2.48. The van der Waals surface area contributed by atoms with E-state index in [0.29, 0.717) is 22.8 Å². The maximum Gasteiger partial charge on any atom is 0.243 e. The van der Waals surface area contributed by atoms with Crippen LogP contribution in [-0.2, 0) is 16.6 Å². The van der Waals surface area contributed by atoms with Crippen molar-refractivity contribution in [3.05, 3.63) is 65.3 Å². The standard InChI is InChI=1S/C18H17ClFN3O3S/c1-2-11-23(27(24,25)16-9-7-15(20)8-10-16)12-17-21-18(22-26-17)13-3-5-14(19)6-4-13/h3-10H,2,11-12H2,1H3. The average Bonchev–Trinajstić information content (AvgIpc) is 3.11. The number of aromatic nitrogens is 2. The Kier molecular flexibility index (Phi) is 5.88. The summed E-state index contributed by atoms with van der Waals surface area (Å²) in [5.41, 5.74) is 0.706. The third-order valence-corrected chi connectivity index (χ3v) is 5.92. The van der Waals surface area contributed by atoms with Gasteiger partial charge in [-0.2, -0.15) is 9.29 Å². The molecule has 0 unspecified atom stereocenters. The molecule has 9 heteroatoms. The van der Waals surface area contributed by atoms with Crippen LogP contribution >= 0.6 is 11.6 Å². The first kappa shape index (κ1) is 19.5. The van der Waals surface area contributed by atoms with Gasteiger partial charge in [0, 0.05) is 17.1 Å². The van der Waals surface area contributed by atoms with E-state index in [1.165, 1.54) is 16.4 Å². The fraction of sp³-hybridized carbons (Fsp3) is 0.222. The topological polar surface area (TPSA) is 76.3 Å². The summed E-state index contributed by atoms with van der Waals surface area (Å²) in [5.74, 6) is 0.0110. The Morgan fingerprint density at radius 2 is 1.78 bits per heavy atom. The SMILES string of the molecule is CCCN(Cc1nc(-c2ccc(Cl)cc2)no1)S(=O)(=O)c1ccc(F)cc1. The predicted molar refractivity (Wildman–Crippen MR) is 99.0 cm³/mol. The molecule has 0 bridgehead atoms. The van der Waals surface area contributed by atoms with Crippen LogP contribution in [0, 0.1) is 5.82 Å². The molecule has 142 valence electrons. The van der Waals surface area contributed by atoms with Crippen LogP contribution in [0.4, 0.5) is 4.39 Å². The molecule has 0 N–H and O–H groups in total. The van der Waals surface area contributed by atoms with Crippen molar-refractivity contribution in [2.45, 2.75) is 24.8 Å². The summed E-state index contributed by atoms with van der Waals surface area (Å²) in [4.78, 5) is 4.28. The molecule has 3 rings (SSSR count). The molecule has 0 radical (unpaired) electrons. The number of nitrogens with zero attached hydrogens (tertiary/aromatic N) is 3. The summed E-state index contributed by atoms with van der Waals surface area (Å²) in [7, 11) is -3.82. The number of hydrogen-bond donors (Lipinski definition) is 0. The van der Waals surface area contributed by atoms with Crippen LogP contribution in [-0.4, -0.2) is 29.4 Å². The molecule has 27 heavy (non-hydrogen) atoms. The molecule has 0 amide bonds. The lowest BCUT2D eigenvalue weighted by Crippen LogP contribution is -2.31. The minimum absolute atomic E-state index is 0.00906. The Balaban J connectivity index is 1.84. The Hall–Kier alpha value is -2.29. The number of benzene rings is 2. The van der Waals surface area contributed by atoms with Crippen molar-refractivity contribution in [1.82, 2.24) is 14.4 Å². The van der Waals surface area contributed by atoms with Gasteiger partial charge in [-0.25, -0.2) is 12.8 Å². The first-order chi connectivity index (χ1) is 12.9. The zero-order chi connectivity index (χ0) is 19.4. The second kappa shape index (κ2) is 8.16. The molecule has 0 aliphatic carbocycles. The largest absolute Gasteiger partial charge is 0.338 e. The van der Waals surface area contributed by atoms with E-state index in [4.69, 9.17) is 16.1 Å². The molecule has 3 aromatic rings. The molecule has 0 saturated heterocycles. The van der Waals surface area contributed by atoms with Gasteiger partial charge in [0.05, 0.1) is 11.4 Å². The molecule has 6 nitrogen and oxygen atoms in total. The normalized spacial score (nSPS) is 11.9. The molecular weight excluding hydrogens is 393 g/mol.